The van der Waals surface area contributed by atoms with Gasteiger partial charge in [0.05, 0.1) is 11.1 Å². The van der Waals surface area contributed by atoms with E-state index in [0.717, 1.165) is 24.3 Å². The largest absolute Gasteiger partial charge is 0.502 e. The third kappa shape index (κ3) is 5.18. The molecule has 1 amide bonds. The van der Waals surface area contributed by atoms with Crippen molar-refractivity contribution in [2.45, 2.75) is 13.3 Å². The molecule has 0 fully saturated rings. The second-order valence-corrected chi connectivity index (χ2v) is 5.64. The topological polar surface area (TPSA) is 114 Å². The van der Waals surface area contributed by atoms with Gasteiger partial charge in [-0.3, -0.25) is 14.9 Å². The Morgan fingerprint density at radius 1 is 1.38 bits per heavy atom. The molecule has 0 aliphatic rings. The number of halogens is 1. The number of benzene rings is 2. The first-order valence-corrected chi connectivity index (χ1v) is 7.99. The molecule has 136 valence electrons. The molecular weight excluding hydrogens is 362 g/mol. The monoisotopic (exact) mass is 377 g/mol. The van der Waals surface area contributed by atoms with Crippen molar-refractivity contribution < 1.29 is 19.6 Å². The molecule has 0 atom stereocenters. The Hall–Kier alpha value is -3.13. The van der Waals surface area contributed by atoms with Crippen LogP contribution in [0.5, 0.6) is 11.5 Å². The summed E-state index contributed by atoms with van der Waals surface area (Å²) in [4.78, 5) is 21.8. The number of hydrogen-bond acceptors (Lipinski definition) is 6. The number of nitro benzene ring substituents is 1. The number of carbonyl (C=O) groups is 1. The predicted octanol–water partition coefficient (Wildman–Crippen LogP) is 3.05. The Morgan fingerprint density at radius 3 is 2.69 bits per heavy atom. The normalized spacial score (nSPS) is 10.7. The molecule has 0 saturated carbocycles. The van der Waals surface area contributed by atoms with Crippen LogP contribution in [-0.4, -0.2) is 28.8 Å². The highest BCUT2D eigenvalue weighted by atomic mass is 35.5. The van der Waals surface area contributed by atoms with Crippen LogP contribution in [0, 0.1) is 10.1 Å². The van der Waals surface area contributed by atoms with Gasteiger partial charge in [0.1, 0.15) is 5.75 Å². The number of ether oxygens (including phenoxy) is 1. The minimum absolute atomic E-state index is 0.000530. The first kappa shape index (κ1) is 19.2. The van der Waals surface area contributed by atoms with E-state index < -0.39 is 22.3 Å². The van der Waals surface area contributed by atoms with Crippen molar-refractivity contribution >= 4 is 29.4 Å². The molecule has 0 unspecified atom stereocenters. The van der Waals surface area contributed by atoms with Crippen molar-refractivity contribution in [3.8, 4) is 11.5 Å². The molecular formula is C17H16ClN3O5. The molecule has 0 aliphatic heterocycles. The first-order valence-electron chi connectivity index (χ1n) is 7.61. The summed E-state index contributed by atoms with van der Waals surface area (Å²) in [5.41, 5.74) is 2.80. The van der Waals surface area contributed by atoms with Gasteiger partial charge in [-0.25, -0.2) is 5.43 Å². The van der Waals surface area contributed by atoms with E-state index in [1.165, 1.54) is 6.07 Å². The third-order valence-electron chi connectivity index (χ3n) is 3.38. The highest BCUT2D eigenvalue weighted by Gasteiger charge is 2.17. The highest BCUT2D eigenvalue weighted by Crippen LogP contribution is 2.32. The zero-order valence-corrected chi connectivity index (χ0v) is 14.6. The lowest BCUT2D eigenvalue weighted by Gasteiger charge is -2.06. The third-order valence-corrected chi connectivity index (χ3v) is 3.59. The van der Waals surface area contributed by atoms with Crippen molar-refractivity contribution in [2.24, 2.45) is 5.10 Å². The number of nitrogens with zero attached hydrogens (tertiary/aromatic N) is 2. The number of hydrogen-bond donors (Lipinski definition) is 2. The summed E-state index contributed by atoms with van der Waals surface area (Å²) in [6.45, 7) is 1.78. The molecule has 0 aromatic heterocycles. The van der Waals surface area contributed by atoms with Gasteiger partial charge in [0.25, 0.3) is 5.91 Å². The number of rotatable bonds is 7. The quantitative estimate of drug-likeness (QED) is 0.437. The Balaban J connectivity index is 1.93. The Bertz CT molecular complexity index is 837. The highest BCUT2D eigenvalue weighted by molar-refractivity contribution is 6.31. The van der Waals surface area contributed by atoms with Gasteiger partial charge in [0.2, 0.25) is 5.75 Å². The predicted molar refractivity (Wildman–Crippen MR) is 96.8 cm³/mol. The number of nitro groups is 1. The van der Waals surface area contributed by atoms with Crippen molar-refractivity contribution in [3.05, 3.63) is 62.7 Å². The molecule has 0 spiro atoms. The molecule has 2 aromatic carbocycles. The second-order valence-electron chi connectivity index (χ2n) is 5.20. The van der Waals surface area contributed by atoms with Crippen LogP contribution in [0.1, 0.15) is 18.1 Å². The summed E-state index contributed by atoms with van der Waals surface area (Å²) in [7, 11) is 0. The molecule has 2 rings (SSSR count). The summed E-state index contributed by atoms with van der Waals surface area (Å²) in [6.07, 6.45) is 1.96. The number of nitrogens with one attached hydrogen (secondary N) is 1. The van der Waals surface area contributed by atoms with Crippen LogP contribution in [0.3, 0.4) is 0 Å². The maximum Gasteiger partial charge on any atom is 0.312 e. The Labute approximate surface area is 154 Å². The maximum absolute atomic E-state index is 11.7. The summed E-state index contributed by atoms with van der Waals surface area (Å²) in [5.74, 6) is -0.578. The average molecular weight is 378 g/mol. The fraction of sp³-hybridized carbons (Fsp3) is 0.176. The smallest absolute Gasteiger partial charge is 0.312 e. The van der Waals surface area contributed by atoms with Gasteiger partial charge in [-0.05, 0) is 30.2 Å². The summed E-state index contributed by atoms with van der Waals surface area (Å²) in [6, 6.07) is 9.63. The van der Waals surface area contributed by atoms with Gasteiger partial charge in [-0.15, -0.1) is 0 Å². The lowest BCUT2D eigenvalue weighted by molar-refractivity contribution is -0.385. The van der Waals surface area contributed by atoms with Crippen molar-refractivity contribution in [2.75, 3.05) is 6.61 Å². The number of hydrazone groups is 1. The van der Waals surface area contributed by atoms with E-state index in [-0.39, 0.29) is 17.2 Å². The van der Waals surface area contributed by atoms with E-state index in [0.29, 0.717) is 5.75 Å². The number of phenols is 1. The van der Waals surface area contributed by atoms with Gasteiger partial charge in [-0.1, -0.05) is 30.7 Å². The molecule has 2 aromatic rings. The van der Waals surface area contributed by atoms with Crippen LogP contribution in [0.25, 0.3) is 0 Å². The van der Waals surface area contributed by atoms with E-state index >= 15 is 0 Å². The number of carbonyl (C=O) groups excluding carboxylic acids is 1. The molecule has 8 nitrogen and oxygen atoms in total. The first-order chi connectivity index (χ1) is 12.4. The van der Waals surface area contributed by atoms with Crippen LogP contribution in [0.2, 0.25) is 5.02 Å². The van der Waals surface area contributed by atoms with Crippen LogP contribution >= 0.6 is 11.6 Å². The van der Waals surface area contributed by atoms with Gasteiger partial charge in [0.15, 0.2) is 6.61 Å². The second kappa shape index (κ2) is 8.82. The van der Waals surface area contributed by atoms with E-state index in [1.807, 2.05) is 19.1 Å². The standard InChI is InChI=1S/C17H16ClN3O5/c1-2-11-3-5-14(6-4-11)26-10-16(22)20-19-9-12-7-13(18)8-15(17(12)23)21(24)25/h3-9,23H,2,10H2,1H3,(H,20,22)/b19-9+. The Kier molecular flexibility index (Phi) is 6.51. The minimum atomic E-state index is -0.769. The van der Waals surface area contributed by atoms with Gasteiger partial charge in [0, 0.05) is 16.7 Å². The van der Waals surface area contributed by atoms with E-state index in [4.69, 9.17) is 16.3 Å². The summed E-state index contributed by atoms with van der Waals surface area (Å²) < 4.78 is 5.32. The van der Waals surface area contributed by atoms with Gasteiger partial charge < -0.3 is 9.84 Å². The molecule has 0 saturated heterocycles. The summed E-state index contributed by atoms with van der Waals surface area (Å²) >= 11 is 5.76. The van der Waals surface area contributed by atoms with Crippen LogP contribution in [-0.2, 0) is 11.2 Å². The van der Waals surface area contributed by atoms with E-state index in [1.54, 1.807) is 12.1 Å². The number of aryl methyl sites for hydroxylation is 1. The zero-order valence-electron chi connectivity index (χ0n) is 13.8. The fourth-order valence-corrected chi connectivity index (χ4v) is 2.24. The van der Waals surface area contributed by atoms with Crippen LogP contribution < -0.4 is 10.2 Å². The van der Waals surface area contributed by atoms with Crippen LogP contribution in [0.4, 0.5) is 5.69 Å². The number of phenolic OH excluding ortho intramolecular Hbond substituents is 1. The molecule has 26 heavy (non-hydrogen) atoms. The Morgan fingerprint density at radius 2 is 2.08 bits per heavy atom. The van der Waals surface area contributed by atoms with Gasteiger partial charge >= 0.3 is 5.69 Å². The fourth-order valence-electron chi connectivity index (χ4n) is 2.02. The van der Waals surface area contributed by atoms with Crippen LogP contribution in [0.15, 0.2) is 41.5 Å². The van der Waals surface area contributed by atoms with E-state index in [2.05, 4.69) is 10.5 Å². The molecule has 0 heterocycles. The zero-order chi connectivity index (χ0) is 19.1. The van der Waals surface area contributed by atoms with Gasteiger partial charge in [-0.2, -0.15) is 5.10 Å². The lowest BCUT2D eigenvalue weighted by Crippen LogP contribution is -2.24. The van der Waals surface area contributed by atoms with E-state index in [9.17, 15) is 20.0 Å². The SMILES string of the molecule is CCc1ccc(OCC(=O)N/N=C/c2cc(Cl)cc([N+](=O)[O-])c2O)cc1. The summed E-state index contributed by atoms with van der Waals surface area (Å²) in [5, 5.41) is 24.3. The number of aromatic hydroxyl groups is 1. The van der Waals surface area contributed by atoms with Crippen molar-refractivity contribution in [1.82, 2.24) is 5.43 Å². The maximum atomic E-state index is 11.7. The van der Waals surface area contributed by atoms with Crippen molar-refractivity contribution in [3.63, 3.8) is 0 Å². The minimum Gasteiger partial charge on any atom is -0.502 e. The molecule has 2 N–H and O–H groups in total. The molecule has 9 heteroatoms. The lowest BCUT2D eigenvalue weighted by atomic mass is 10.2. The van der Waals surface area contributed by atoms with Crippen molar-refractivity contribution in [1.29, 1.82) is 0 Å². The molecule has 0 radical (unpaired) electrons. The molecule has 0 aliphatic carbocycles. The number of amides is 1. The molecule has 0 bridgehead atoms. The average Bonchev–Trinajstić information content (AvgIpc) is 2.62.